The number of nitrogens with zero attached hydrogens (tertiary/aromatic N) is 1. The zero-order chi connectivity index (χ0) is 14.4. The second kappa shape index (κ2) is 6.73. The van der Waals surface area contributed by atoms with E-state index in [1.54, 1.807) is 6.07 Å². The van der Waals surface area contributed by atoms with Crippen molar-refractivity contribution in [3.63, 3.8) is 0 Å². The van der Waals surface area contributed by atoms with Crippen LogP contribution in [0.4, 0.5) is 0 Å². The number of benzene rings is 1. The first-order valence-corrected chi connectivity index (χ1v) is 5.53. The molecule has 2 N–H and O–H groups in total. The molecule has 0 amide bonds. The molecule has 2 atom stereocenters. The van der Waals surface area contributed by atoms with Gasteiger partial charge in [0.2, 0.25) is 0 Å². The van der Waals surface area contributed by atoms with Gasteiger partial charge in [0, 0.05) is 5.56 Å². The highest BCUT2D eigenvalue weighted by Gasteiger charge is 2.26. The molecule has 0 spiro atoms. The van der Waals surface area contributed by atoms with Crippen LogP contribution in [0.25, 0.3) is 0 Å². The van der Waals surface area contributed by atoms with Gasteiger partial charge in [0.05, 0.1) is 38.4 Å². The van der Waals surface area contributed by atoms with E-state index >= 15 is 0 Å². The van der Waals surface area contributed by atoms with E-state index in [-0.39, 0.29) is 23.5 Å². The molecule has 6 nitrogen and oxygen atoms in total. The van der Waals surface area contributed by atoms with Crippen LogP contribution in [-0.2, 0) is 0 Å². The minimum atomic E-state index is -1.34. The fraction of sp³-hybridized carbons (Fsp3) is 0.385. The van der Waals surface area contributed by atoms with Gasteiger partial charge in [-0.1, -0.05) is 0 Å². The topological polar surface area (TPSA) is 99.8 Å². The van der Waals surface area contributed by atoms with Crippen molar-refractivity contribution >= 4 is 6.29 Å². The molecule has 0 bridgehead atoms. The number of hydrogen-bond acceptors (Lipinski definition) is 6. The van der Waals surface area contributed by atoms with Crippen molar-refractivity contribution in [2.24, 2.45) is 0 Å². The van der Waals surface area contributed by atoms with Crippen LogP contribution >= 0.6 is 0 Å². The van der Waals surface area contributed by atoms with Crippen molar-refractivity contribution in [2.75, 3.05) is 14.2 Å². The van der Waals surface area contributed by atoms with Crippen LogP contribution in [0.5, 0.6) is 11.5 Å². The van der Waals surface area contributed by atoms with Gasteiger partial charge in [0.25, 0.3) is 0 Å². The van der Waals surface area contributed by atoms with Crippen molar-refractivity contribution < 1.29 is 24.5 Å². The average Bonchev–Trinajstić information content (AvgIpc) is 2.44. The summed E-state index contributed by atoms with van der Waals surface area (Å²) in [7, 11) is 2.74. The van der Waals surface area contributed by atoms with Crippen molar-refractivity contribution in [3.05, 3.63) is 23.3 Å². The molecule has 19 heavy (non-hydrogen) atoms. The number of rotatable bonds is 6. The predicted molar refractivity (Wildman–Crippen MR) is 66.1 cm³/mol. The largest absolute Gasteiger partial charge is 0.496 e. The third-order valence-electron chi connectivity index (χ3n) is 2.66. The molecule has 0 aromatic heterocycles. The first-order chi connectivity index (χ1) is 9.08. The second-order valence-corrected chi connectivity index (χ2v) is 3.83. The smallest absolute Gasteiger partial charge is 0.150 e. The van der Waals surface area contributed by atoms with Gasteiger partial charge in [0.15, 0.2) is 0 Å². The summed E-state index contributed by atoms with van der Waals surface area (Å²) < 4.78 is 10.2. The maximum absolute atomic E-state index is 10.8. The van der Waals surface area contributed by atoms with Crippen molar-refractivity contribution in [2.45, 2.75) is 18.6 Å². The standard InChI is InChI=1S/C13H15NO5/c1-18-10-5-8(7-15)6-11(19-2)12(10)13(17)9(16)3-4-14/h5-7,9,13,16-17H,3H2,1-2H3. The van der Waals surface area contributed by atoms with E-state index in [2.05, 4.69) is 0 Å². The summed E-state index contributed by atoms with van der Waals surface area (Å²) in [5.74, 6) is 0.428. The average molecular weight is 265 g/mol. The molecule has 0 radical (unpaired) electrons. The molecule has 0 fully saturated rings. The fourth-order valence-electron chi connectivity index (χ4n) is 1.72. The third kappa shape index (κ3) is 3.22. The molecule has 1 aromatic rings. The lowest BCUT2D eigenvalue weighted by Crippen LogP contribution is -2.19. The Kier molecular flexibility index (Phi) is 5.30. The summed E-state index contributed by atoms with van der Waals surface area (Å²) in [5, 5.41) is 28.3. The lowest BCUT2D eigenvalue weighted by molar-refractivity contribution is 0.0188. The van der Waals surface area contributed by atoms with Crippen molar-refractivity contribution in [3.8, 4) is 17.6 Å². The Hall–Kier alpha value is -2.10. The number of carbonyl (C=O) groups is 1. The lowest BCUT2D eigenvalue weighted by Gasteiger charge is -2.21. The number of methoxy groups -OCH3 is 2. The van der Waals surface area contributed by atoms with E-state index in [1.165, 1.54) is 26.4 Å². The molecule has 1 aromatic carbocycles. The van der Waals surface area contributed by atoms with Crippen LogP contribution in [0.1, 0.15) is 28.4 Å². The number of nitriles is 1. The van der Waals surface area contributed by atoms with Gasteiger partial charge >= 0.3 is 0 Å². The number of hydrogen-bond donors (Lipinski definition) is 2. The molecule has 0 saturated carbocycles. The fourth-order valence-corrected chi connectivity index (χ4v) is 1.72. The number of aliphatic hydroxyl groups excluding tert-OH is 2. The number of carbonyl (C=O) groups excluding carboxylic acids is 1. The van der Waals surface area contributed by atoms with E-state index in [0.29, 0.717) is 11.8 Å². The first-order valence-electron chi connectivity index (χ1n) is 5.53. The number of aldehydes is 1. The van der Waals surface area contributed by atoms with Gasteiger partial charge in [-0.15, -0.1) is 0 Å². The minimum absolute atomic E-state index is 0.207. The van der Waals surface area contributed by atoms with Crippen molar-refractivity contribution in [1.82, 2.24) is 0 Å². The Morgan fingerprint density at radius 1 is 1.32 bits per heavy atom. The van der Waals surface area contributed by atoms with Gasteiger partial charge in [-0.3, -0.25) is 4.79 Å². The molecule has 0 aliphatic rings. The SMILES string of the molecule is COc1cc(C=O)cc(OC)c1C(O)C(O)CC#N. The highest BCUT2D eigenvalue weighted by molar-refractivity contribution is 5.77. The molecule has 0 aliphatic heterocycles. The molecule has 0 saturated heterocycles. The summed E-state index contributed by atoms with van der Waals surface area (Å²) in [4.78, 5) is 10.8. The highest BCUT2D eigenvalue weighted by Crippen LogP contribution is 2.37. The van der Waals surface area contributed by atoms with Crippen molar-refractivity contribution in [1.29, 1.82) is 5.26 Å². The Balaban J connectivity index is 3.31. The number of aliphatic hydroxyl groups is 2. The van der Waals surface area contributed by atoms with Crippen LogP contribution in [0.3, 0.4) is 0 Å². The normalized spacial score (nSPS) is 13.2. The molecule has 0 heterocycles. The highest BCUT2D eigenvalue weighted by atomic mass is 16.5. The van der Waals surface area contributed by atoms with Crippen LogP contribution in [0.2, 0.25) is 0 Å². The molecule has 6 heteroatoms. The summed E-state index contributed by atoms with van der Waals surface area (Å²) in [6, 6.07) is 4.62. The Labute approximate surface area is 110 Å². The van der Waals surface area contributed by atoms with Gasteiger partial charge < -0.3 is 19.7 Å². The Morgan fingerprint density at radius 3 is 2.21 bits per heavy atom. The predicted octanol–water partition coefficient (Wildman–Crippen LogP) is 0.824. The molecular formula is C13H15NO5. The van der Waals surface area contributed by atoms with Gasteiger partial charge in [-0.05, 0) is 12.1 Å². The van der Waals surface area contributed by atoms with Gasteiger partial charge in [-0.25, -0.2) is 0 Å². The van der Waals surface area contributed by atoms with E-state index in [0.717, 1.165) is 0 Å². The first kappa shape index (κ1) is 15.0. The molecule has 102 valence electrons. The van der Waals surface area contributed by atoms with E-state index in [1.807, 2.05) is 0 Å². The zero-order valence-corrected chi connectivity index (χ0v) is 10.7. The van der Waals surface area contributed by atoms with Crippen LogP contribution in [-0.4, -0.2) is 36.8 Å². The summed E-state index contributed by atoms with van der Waals surface area (Å²) in [6.07, 6.45) is -2.23. The maximum atomic E-state index is 10.8. The Morgan fingerprint density at radius 2 is 1.84 bits per heavy atom. The molecule has 1 rings (SSSR count). The molecule has 0 aliphatic carbocycles. The van der Waals surface area contributed by atoms with Crippen LogP contribution in [0.15, 0.2) is 12.1 Å². The maximum Gasteiger partial charge on any atom is 0.150 e. The zero-order valence-electron chi connectivity index (χ0n) is 10.7. The Bertz CT molecular complexity index is 469. The van der Waals surface area contributed by atoms with Gasteiger partial charge in [-0.2, -0.15) is 5.26 Å². The minimum Gasteiger partial charge on any atom is -0.496 e. The monoisotopic (exact) mass is 265 g/mol. The van der Waals surface area contributed by atoms with E-state index in [4.69, 9.17) is 14.7 Å². The lowest BCUT2D eigenvalue weighted by atomic mass is 9.98. The van der Waals surface area contributed by atoms with Gasteiger partial charge in [0.1, 0.15) is 23.9 Å². The summed E-state index contributed by atoms with van der Waals surface area (Å²) in [6.45, 7) is 0. The number of ether oxygens (including phenoxy) is 2. The van der Waals surface area contributed by atoms with Crippen LogP contribution in [0, 0.1) is 11.3 Å². The summed E-state index contributed by atoms with van der Waals surface area (Å²) in [5.41, 5.74) is 0.526. The van der Waals surface area contributed by atoms with E-state index in [9.17, 15) is 15.0 Å². The van der Waals surface area contributed by atoms with Crippen LogP contribution < -0.4 is 9.47 Å². The summed E-state index contributed by atoms with van der Waals surface area (Å²) >= 11 is 0. The quantitative estimate of drug-likeness (QED) is 0.739. The molecular weight excluding hydrogens is 250 g/mol. The molecule has 2 unspecified atom stereocenters. The third-order valence-corrected chi connectivity index (χ3v) is 2.66. The van der Waals surface area contributed by atoms with E-state index < -0.39 is 12.2 Å². The second-order valence-electron chi connectivity index (χ2n) is 3.83.